The molecule has 0 saturated carbocycles. The molecule has 3 nitrogen and oxygen atoms in total. The molecule has 0 spiro atoms. The van der Waals surface area contributed by atoms with Crippen LogP contribution in [0.15, 0.2) is 24.3 Å². The Bertz CT molecular complexity index is 337. The zero-order chi connectivity index (χ0) is 12.0. The molecular weight excluding hydrogens is 207 g/mol. The van der Waals surface area contributed by atoms with E-state index in [0.717, 1.165) is 18.7 Å². The first kappa shape index (κ1) is 12.6. The van der Waals surface area contributed by atoms with Crippen LogP contribution in [0, 0.1) is 5.82 Å². The molecule has 16 heavy (non-hydrogen) atoms. The number of carbonyl (C=O) groups is 1. The summed E-state index contributed by atoms with van der Waals surface area (Å²) < 4.78 is 12.7. The number of amides is 1. The van der Waals surface area contributed by atoms with Gasteiger partial charge in [0.1, 0.15) is 5.82 Å². The standard InChI is InChI=1S/C12H17FN2O/c1-14-9-3-4-12(16)15(2)11-7-5-10(13)6-8-11/h5-8,14H,3-4,9H2,1-2H3. The lowest BCUT2D eigenvalue weighted by atomic mass is 10.2. The lowest BCUT2D eigenvalue weighted by Crippen LogP contribution is -2.26. The van der Waals surface area contributed by atoms with Crippen LogP contribution in [0.4, 0.5) is 10.1 Å². The lowest BCUT2D eigenvalue weighted by Gasteiger charge is -2.17. The number of nitrogens with one attached hydrogen (secondary N) is 1. The van der Waals surface area contributed by atoms with Gasteiger partial charge in [0.05, 0.1) is 0 Å². The van der Waals surface area contributed by atoms with Gasteiger partial charge in [0.25, 0.3) is 0 Å². The monoisotopic (exact) mass is 224 g/mol. The van der Waals surface area contributed by atoms with Crippen molar-refractivity contribution in [2.24, 2.45) is 0 Å². The van der Waals surface area contributed by atoms with Crippen LogP contribution in [0.25, 0.3) is 0 Å². The minimum Gasteiger partial charge on any atom is -0.320 e. The first-order valence-corrected chi connectivity index (χ1v) is 5.32. The maximum atomic E-state index is 12.7. The number of carbonyl (C=O) groups excluding carboxylic acids is 1. The van der Waals surface area contributed by atoms with Gasteiger partial charge in [-0.15, -0.1) is 0 Å². The summed E-state index contributed by atoms with van der Waals surface area (Å²) in [5.41, 5.74) is 0.718. The van der Waals surface area contributed by atoms with Crippen LogP contribution in [-0.2, 0) is 4.79 Å². The number of hydrogen-bond donors (Lipinski definition) is 1. The normalized spacial score (nSPS) is 10.2. The van der Waals surface area contributed by atoms with Crippen molar-refractivity contribution in [2.75, 3.05) is 25.5 Å². The summed E-state index contributed by atoms with van der Waals surface area (Å²) in [5, 5.41) is 2.99. The van der Waals surface area contributed by atoms with E-state index in [4.69, 9.17) is 0 Å². The van der Waals surface area contributed by atoms with Gasteiger partial charge in [0, 0.05) is 19.2 Å². The van der Waals surface area contributed by atoms with Gasteiger partial charge in [0.15, 0.2) is 0 Å². The van der Waals surface area contributed by atoms with Crippen molar-refractivity contribution < 1.29 is 9.18 Å². The number of anilines is 1. The van der Waals surface area contributed by atoms with Gasteiger partial charge < -0.3 is 10.2 Å². The van der Waals surface area contributed by atoms with Crippen molar-refractivity contribution >= 4 is 11.6 Å². The number of nitrogens with zero attached hydrogens (tertiary/aromatic N) is 1. The highest BCUT2D eigenvalue weighted by Crippen LogP contribution is 2.14. The molecule has 1 aromatic carbocycles. The zero-order valence-corrected chi connectivity index (χ0v) is 9.66. The molecule has 0 bridgehead atoms. The SMILES string of the molecule is CNCCCC(=O)N(C)c1ccc(F)cc1. The van der Waals surface area contributed by atoms with Gasteiger partial charge in [-0.3, -0.25) is 4.79 Å². The molecule has 1 aromatic rings. The predicted octanol–water partition coefficient (Wildman–Crippen LogP) is 1.79. The Labute approximate surface area is 95.3 Å². The summed E-state index contributed by atoms with van der Waals surface area (Å²) in [5.74, 6) is -0.248. The van der Waals surface area contributed by atoms with E-state index in [2.05, 4.69) is 5.32 Å². The van der Waals surface area contributed by atoms with Crippen LogP contribution in [0.5, 0.6) is 0 Å². The Hall–Kier alpha value is -1.42. The summed E-state index contributed by atoms with van der Waals surface area (Å²) in [6.45, 7) is 0.822. The third kappa shape index (κ3) is 3.62. The molecule has 1 rings (SSSR count). The Morgan fingerprint density at radius 3 is 2.56 bits per heavy atom. The minimum absolute atomic E-state index is 0.0434. The summed E-state index contributed by atoms with van der Waals surface area (Å²) in [6, 6.07) is 5.91. The third-order valence-electron chi connectivity index (χ3n) is 2.41. The Balaban J connectivity index is 2.53. The smallest absolute Gasteiger partial charge is 0.226 e. The number of rotatable bonds is 5. The fourth-order valence-electron chi connectivity index (χ4n) is 1.39. The van der Waals surface area contributed by atoms with Crippen molar-refractivity contribution in [1.29, 1.82) is 0 Å². The molecule has 4 heteroatoms. The van der Waals surface area contributed by atoms with E-state index in [1.165, 1.54) is 12.1 Å². The van der Waals surface area contributed by atoms with Crippen molar-refractivity contribution in [3.63, 3.8) is 0 Å². The van der Waals surface area contributed by atoms with Crippen molar-refractivity contribution in [3.05, 3.63) is 30.1 Å². The van der Waals surface area contributed by atoms with Crippen LogP contribution in [-0.4, -0.2) is 26.5 Å². The number of hydrogen-bond acceptors (Lipinski definition) is 2. The van der Waals surface area contributed by atoms with E-state index >= 15 is 0 Å². The van der Waals surface area contributed by atoms with E-state index < -0.39 is 0 Å². The summed E-state index contributed by atoms with van der Waals surface area (Å²) in [7, 11) is 3.56. The molecule has 88 valence electrons. The van der Waals surface area contributed by atoms with Crippen LogP contribution in [0.2, 0.25) is 0 Å². The summed E-state index contributed by atoms with van der Waals surface area (Å²) >= 11 is 0. The minimum atomic E-state index is -0.292. The second-order valence-corrected chi connectivity index (χ2v) is 3.64. The van der Waals surface area contributed by atoms with Gasteiger partial charge in [0.2, 0.25) is 5.91 Å². The average molecular weight is 224 g/mol. The summed E-state index contributed by atoms with van der Waals surface area (Å²) in [4.78, 5) is 13.3. The van der Waals surface area contributed by atoms with Crippen molar-refractivity contribution in [2.45, 2.75) is 12.8 Å². The van der Waals surface area contributed by atoms with E-state index in [-0.39, 0.29) is 11.7 Å². The fraction of sp³-hybridized carbons (Fsp3) is 0.417. The molecule has 0 fully saturated rings. The molecule has 0 unspecified atom stereocenters. The van der Waals surface area contributed by atoms with Gasteiger partial charge in [-0.2, -0.15) is 0 Å². The molecule has 0 radical (unpaired) electrons. The molecule has 1 amide bonds. The fourth-order valence-corrected chi connectivity index (χ4v) is 1.39. The Kier molecular flexibility index (Phi) is 4.92. The Morgan fingerprint density at radius 2 is 2.00 bits per heavy atom. The summed E-state index contributed by atoms with van der Waals surface area (Å²) in [6.07, 6.45) is 1.30. The average Bonchev–Trinajstić information content (AvgIpc) is 2.29. The molecule has 0 atom stereocenters. The van der Waals surface area contributed by atoms with Crippen LogP contribution < -0.4 is 10.2 Å². The first-order valence-electron chi connectivity index (χ1n) is 5.32. The van der Waals surface area contributed by atoms with E-state index in [0.29, 0.717) is 6.42 Å². The topological polar surface area (TPSA) is 32.3 Å². The van der Waals surface area contributed by atoms with E-state index in [1.54, 1.807) is 24.1 Å². The van der Waals surface area contributed by atoms with Gasteiger partial charge in [-0.05, 0) is 44.3 Å². The molecule has 0 aliphatic rings. The second-order valence-electron chi connectivity index (χ2n) is 3.64. The third-order valence-corrected chi connectivity index (χ3v) is 2.41. The molecule has 0 aliphatic heterocycles. The predicted molar refractivity (Wildman–Crippen MR) is 63.0 cm³/mol. The molecule has 0 aliphatic carbocycles. The maximum Gasteiger partial charge on any atom is 0.226 e. The molecular formula is C12H17FN2O. The molecule has 0 saturated heterocycles. The van der Waals surface area contributed by atoms with E-state index in [1.807, 2.05) is 7.05 Å². The largest absolute Gasteiger partial charge is 0.320 e. The molecule has 0 heterocycles. The molecule has 1 N–H and O–H groups in total. The van der Waals surface area contributed by atoms with Gasteiger partial charge in [-0.1, -0.05) is 0 Å². The lowest BCUT2D eigenvalue weighted by molar-refractivity contribution is -0.118. The van der Waals surface area contributed by atoms with Crippen molar-refractivity contribution in [3.8, 4) is 0 Å². The van der Waals surface area contributed by atoms with Gasteiger partial charge in [-0.25, -0.2) is 4.39 Å². The van der Waals surface area contributed by atoms with Crippen LogP contribution >= 0.6 is 0 Å². The first-order chi connectivity index (χ1) is 7.65. The van der Waals surface area contributed by atoms with Crippen molar-refractivity contribution in [1.82, 2.24) is 5.32 Å². The second kappa shape index (κ2) is 6.23. The van der Waals surface area contributed by atoms with Crippen LogP contribution in [0.3, 0.4) is 0 Å². The van der Waals surface area contributed by atoms with Gasteiger partial charge >= 0.3 is 0 Å². The number of halogens is 1. The highest BCUT2D eigenvalue weighted by atomic mass is 19.1. The quantitative estimate of drug-likeness (QED) is 0.773. The van der Waals surface area contributed by atoms with E-state index in [9.17, 15) is 9.18 Å². The highest BCUT2D eigenvalue weighted by Gasteiger charge is 2.09. The number of benzene rings is 1. The Morgan fingerprint density at radius 1 is 1.38 bits per heavy atom. The van der Waals surface area contributed by atoms with Crippen LogP contribution in [0.1, 0.15) is 12.8 Å². The maximum absolute atomic E-state index is 12.7. The highest BCUT2D eigenvalue weighted by molar-refractivity contribution is 5.92. The zero-order valence-electron chi connectivity index (χ0n) is 9.66. The molecule has 0 aromatic heterocycles.